The molecule has 0 atom stereocenters. The van der Waals surface area contributed by atoms with Crippen molar-refractivity contribution in [1.29, 1.82) is 0 Å². The van der Waals surface area contributed by atoms with Gasteiger partial charge in [0.25, 0.3) is 5.91 Å². The highest BCUT2D eigenvalue weighted by Gasteiger charge is 2.38. The van der Waals surface area contributed by atoms with Gasteiger partial charge in [-0.3, -0.25) is 9.59 Å². The molecule has 1 aromatic heterocycles. The summed E-state index contributed by atoms with van der Waals surface area (Å²) in [7, 11) is 0. The summed E-state index contributed by atoms with van der Waals surface area (Å²) < 4.78 is 5.65. The van der Waals surface area contributed by atoms with Crippen LogP contribution in [0.25, 0.3) is 0 Å². The molecule has 1 aliphatic rings. The van der Waals surface area contributed by atoms with Crippen molar-refractivity contribution >= 4 is 27.8 Å². The van der Waals surface area contributed by atoms with E-state index in [0.717, 1.165) is 12.8 Å². The van der Waals surface area contributed by atoms with Crippen molar-refractivity contribution in [3.8, 4) is 0 Å². The summed E-state index contributed by atoms with van der Waals surface area (Å²) >= 11 is 3.21. The fourth-order valence-corrected chi connectivity index (χ4v) is 2.82. The minimum absolute atomic E-state index is 0.0446. The largest absolute Gasteiger partial charge is 0.481 e. The number of halogens is 1. The predicted octanol–water partition coefficient (Wildman–Crippen LogP) is 2.56. The van der Waals surface area contributed by atoms with Gasteiger partial charge in [-0.2, -0.15) is 0 Å². The Kier molecular flexibility index (Phi) is 3.75. The van der Waals surface area contributed by atoms with Crippen molar-refractivity contribution in [2.24, 2.45) is 0 Å². The van der Waals surface area contributed by atoms with Crippen molar-refractivity contribution in [2.45, 2.75) is 37.6 Å². The number of hydrogen-bond acceptors (Lipinski definition) is 3. The van der Waals surface area contributed by atoms with Gasteiger partial charge < -0.3 is 14.8 Å². The summed E-state index contributed by atoms with van der Waals surface area (Å²) in [5.41, 5.74) is -0.630. The molecule has 5 nitrogen and oxygen atoms in total. The molecule has 1 fully saturated rings. The molecule has 1 aliphatic carbocycles. The van der Waals surface area contributed by atoms with Gasteiger partial charge in [0.15, 0.2) is 0 Å². The van der Waals surface area contributed by atoms with Gasteiger partial charge in [-0.25, -0.2) is 0 Å². The summed E-state index contributed by atoms with van der Waals surface area (Å²) in [6, 6.07) is 1.63. The van der Waals surface area contributed by atoms with Gasteiger partial charge in [0.05, 0.1) is 22.7 Å². The molecule has 98 valence electrons. The number of carboxylic acids is 1. The number of nitrogens with one attached hydrogen (secondary N) is 1. The van der Waals surface area contributed by atoms with Crippen molar-refractivity contribution in [3.63, 3.8) is 0 Å². The maximum absolute atomic E-state index is 12.0. The standard InChI is InChI=1S/C12H14BrNO4/c13-8-3-6-18-10(8)11(17)14-12(7-9(15)16)4-1-2-5-12/h3,6H,1-2,4-5,7H2,(H,14,17)(H,15,16). The van der Waals surface area contributed by atoms with E-state index in [-0.39, 0.29) is 18.1 Å². The van der Waals surface area contributed by atoms with Crippen LogP contribution in [0.1, 0.15) is 42.7 Å². The smallest absolute Gasteiger partial charge is 0.305 e. The molecule has 0 spiro atoms. The van der Waals surface area contributed by atoms with Gasteiger partial charge in [-0.1, -0.05) is 12.8 Å². The average Bonchev–Trinajstić information content (AvgIpc) is 2.86. The Bertz CT molecular complexity index is 462. The van der Waals surface area contributed by atoms with E-state index >= 15 is 0 Å². The Morgan fingerprint density at radius 1 is 1.44 bits per heavy atom. The molecule has 0 saturated heterocycles. The second-order valence-corrected chi connectivity index (χ2v) is 5.46. The number of hydrogen-bond donors (Lipinski definition) is 2. The highest BCUT2D eigenvalue weighted by Crippen LogP contribution is 2.33. The fraction of sp³-hybridized carbons (Fsp3) is 0.500. The van der Waals surface area contributed by atoms with E-state index in [1.807, 2.05) is 0 Å². The van der Waals surface area contributed by atoms with E-state index in [2.05, 4.69) is 21.2 Å². The van der Waals surface area contributed by atoms with Crippen LogP contribution >= 0.6 is 15.9 Å². The molecule has 1 heterocycles. The number of aliphatic carboxylic acids is 1. The third-order valence-corrected chi connectivity index (χ3v) is 3.88. The van der Waals surface area contributed by atoms with Crippen molar-refractivity contribution in [2.75, 3.05) is 0 Å². The van der Waals surface area contributed by atoms with Crippen LogP contribution in [0, 0.1) is 0 Å². The monoisotopic (exact) mass is 315 g/mol. The van der Waals surface area contributed by atoms with E-state index in [9.17, 15) is 9.59 Å². The van der Waals surface area contributed by atoms with Gasteiger partial charge >= 0.3 is 5.97 Å². The van der Waals surface area contributed by atoms with Gasteiger partial charge in [0.1, 0.15) is 0 Å². The van der Waals surface area contributed by atoms with E-state index in [1.165, 1.54) is 6.26 Å². The Hall–Kier alpha value is -1.30. The molecule has 2 N–H and O–H groups in total. The minimum atomic E-state index is -0.893. The Morgan fingerprint density at radius 2 is 2.11 bits per heavy atom. The van der Waals surface area contributed by atoms with Crippen LogP contribution in [0.2, 0.25) is 0 Å². The zero-order valence-electron chi connectivity index (χ0n) is 9.74. The topological polar surface area (TPSA) is 79.5 Å². The number of carbonyl (C=O) groups is 2. The molecular formula is C12H14BrNO4. The highest BCUT2D eigenvalue weighted by atomic mass is 79.9. The second-order valence-electron chi connectivity index (χ2n) is 4.61. The molecule has 1 saturated carbocycles. The third-order valence-electron chi connectivity index (χ3n) is 3.25. The first kappa shape index (κ1) is 13.1. The SMILES string of the molecule is O=C(O)CC1(NC(=O)c2occc2Br)CCCC1. The third kappa shape index (κ3) is 2.75. The Balaban J connectivity index is 2.12. The summed E-state index contributed by atoms with van der Waals surface area (Å²) in [5, 5.41) is 11.8. The van der Waals surface area contributed by atoms with Gasteiger partial charge in [0, 0.05) is 0 Å². The summed E-state index contributed by atoms with van der Waals surface area (Å²) in [4.78, 5) is 23.0. The zero-order valence-corrected chi connectivity index (χ0v) is 11.3. The molecule has 0 radical (unpaired) electrons. The van der Waals surface area contributed by atoms with Crippen LogP contribution in [-0.2, 0) is 4.79 Å². The van der Waals surface area contributed by atoms with Crippen LogP contribution in [-0.4, -0.2) is 22.5 Å². The predicted molar refractivity (Wildman–Crippen MR) is 67.3 cm³/mol. The highest BCUT2D eigenvalue weighted by molar-refractivity contribution is 9.10. The van der Waals surface area contributed by atoms with E-state index < -0.39 is 11.5 Å². The van der Waals surface area contributed by atoms with E-state index in [4.69, 9.17) is 9.52 Å². The summed E-state index contributed by atoms with van der Waals surface area (Å²) in [6.45, 7) is 0. The lowest BCUT2D eigenvalue weighted by Gasteiger charge is -2.28. The van der Waals surface area contributed by atoms with E-state index in [1.54, 1.807) is 6.07 Å². The fourth-order valence-electron chi connectivity index (χ4n) is 2.44. The average molecular weight is 316 g/mol. The van der Waals surface area contributed by atoms with Crippen LogP contribution in [0.15, 0.2) is 21.2 Å². The number of carboxylic acid groups (broad SMARTS) is 1. The molecule has 2 rings (SSSR count). The Morgan fingerprint density at radius 3 is 2.61 bits per heavy atom. The van der Waals surface area contributed by atoms with Gasteiger partial charge in [-0.15, -0.1) is 0 Å². The van der Waals surface area contributed by atoms with Crippen LogP contribution < -0.4 is 5.32 Å². The van der Waals surface area contributed by atoms with Crippen LogP contribution in [0.3, 0.4) is 0 Å². The summed E-state index contributed by atoms with van der Waals surface area (Å²) in [6.07, 6.45) is 4.64. The number of carbonyl (C=O) groups excluding carboxylic acids is 1. The van der Waals surface area contributed by atoms with E-state index in [0.29, 0.717) is 17.3 Å². The number of rotatable bonds is 4. The number of furan rings is 1. The quantitative estimate of drug-likeness (QED) is 0.895. The van der Waals surface area contributed by atoms with Crippen molar-refractivity contribution < 1.29 is 19.1 Å². The number of amides is 1. The minimum Gasteiger partial charge on any atom is -0.481 e. The second kappa shape index (κ2) is 5.14. The van der Waals surface area contributed by atoms with Gasteiger partial charge in [0.2, 0.25) is 5.76 Å². The van der Waals surface area contributed by atoms with Crippen molar-refractivity contribution in [3.05, 3.63) is 22.6 Å². The molecule has 1 amide bonds. The zero-order chi connectivity index (χ0) is 13.2. The maximum Gasteiger partial charge on any atom is 0.305 e. The van der Waals surface area contributed by atoms with Crippen LogP contribution in [0.4, 0.5) is 0 Å². The normalized spacial score (nSPS) is 17.6. The maximum atomic E-state index is 12.0. The lowest BCUT2D eigenvalue weighted by atomic mass is 9.93. The molecule has 0 aromatic carbocycles. The molecular weight excluding hydrogens is 302 g/mol. The Labute approximate surface area is 113 Å². The molecule has 0 unspecified atom stereocenters. The molecule has 0 bridgehead atoms. The first-order valence-corrected chi connectivity index (χ1v) is 6.59. The summed E-state index contributed by atoms with van der Waals surface area (Å²) in [5.74, 6) is -1.07. The molecule has 1 aromatic rings. The molecule has 0 aliphatic heterocycles. The lowest BCUT2D eigenvalue weighted by Crippen LogP contribution is -2.47. The molecule has 6 heteroatoms. The lowest BCUT2D eigenvalue weighted by molar-refractivity contribution is -0.138. The molecule has 18 heavy (non-hydrogen) atoms. The first-order valence-electron chi connectivity index (χ1n) is 5.80. The van der Waals surface area contributed by atoms with Crippen molar-refractivity contribution in [1.82, 2.24) is 5.32 Å². The first-order chi connectivity index (χ1) is 8.52. The van der Waals surface area contributed by atoms with Gasteiger partial charge in [-0.05, 0) is 34.8 Å². The van der Waals surface area contributed by atoms with Crippen LogP contribution in [0.5, 0.6) is 0 Å².